The van der Waals surface area contributed by atoms with Crippen molar-refractivity contribution in [3.05, 3.63) is 59.2 Å². The van der Waals surface area contributed by atoms with Crippen molar-refractivity contribution in [1.82, 2.24) is 10.6 Å². The number of aliphatic hydroxyl groups excluding tert-OH is 1. The average molecular weight is 358 g/mol. The second-order valence-corrected chi connectivity index (χ2v) is 6.17. The number of aryl methyl sites for hydroxylation is 1. The minimum atomic E-state index is 0.179. The van der Waals surface area contributed by atoms with Gasteiger partial charge in [-0.05, 0) is 43.6 Å². The molecule has 0 aliphatic heterocycles. The minimum absolute atomic E-state index is 0.179. The summed E-state index contributed by atoms with van der Waals surface area (Å²) in [5, 5.41) is 15.4. The highest BCUT2D eigenvalue weighted by atomic mass is 16.5. The van der Waals surface area contributed by atoms with Crippen LogP contribution >= 0.6 is 0 Å². The molecule has 0 bridgehead atoms. The number of aliphatic hydroxyl groups is 1. The fourth-order valence-corrected chi connectivity index (χ4v) is 2.71. The van der Waals surface area contributed by atoms with E-state index in [1.807, 2.05) is 24.3 Å². The van der Waals surface area contributed by atoms with Gasteiger partial charge in [0.1, 0.15) is 6.61 Å². The summed E-state index contributed by atoms with van der Waals surface area (Å²) >= 11 is 0. The SMILES string of the molecule is COc1cccc(CNCCCNCCO)c1OCc1ccccc1C. The lowest BCUT2D eigenvalue weighted by atomic mass is 10.1. The molecule has 0 spiro atoms. The molecule has 26 heavy (non-hydrogen) atoms. The van der Waals surface area contributed by atoms with Gasteiger partial charge in [0.2, 0.25) is 0 Å². The van der Waals surface area contributed by atoms with Gasteiger partial charge in [0.15, 0.2) is 11.5 Å². The van der Waals surface area contributed by atoms with Gasteiger partial charge in [0, 0.05) is 18.7 Å². The summed E-state index contributed by atoms with van der Waals surface area (Å²) in [6.07, 6.45) is 1.00. The number of nitrogens with one attached hydrogen (secondary N) is 2. The van der Waals surface area contributed by atoms with Gasteiger partial charge < -0.3 is 25.2 Å². The number of para-hydroxylation sites is 1. The molecular weight excluding hydrogens is 328 g/mol. The van der Waals surface area contributed by atoms with Gasteiger partial charge in [-0.3, -0.25) is 0 Å². The zero-order valence-corrected chi connectivity index (χ0v) is 15.8. The zero-order valence-electron chi connectivity index (χ0n) is 15.8. The lowest BCUT2D eigenvalue weighted by molar-refractivity contribution is 0.280. The summed E-state index contributed by atoms with van der Waals surface area (Å²) in [6.45, 7) is 5.94. The van der Waals surface area contributed by atoms with E-state index in [0.717, 1.165) is 43.1 Å². The molecule has 0 aliphatic rings. The largest absolute Gasteiger partial charge is 0.493 e. The van der Waals surface area contributed by atoms with Gasteiger partial charge in [-0.15, -0.1) is 0 Å². The van der Waals surface area contributed by atoms with Crippen LogP contribution in [0.15, 0.2) is 42.5 Å². The highest BCUT2D eigenvalue weighted by Crippen LogP contribution is 2.32. The third-order valence-corrected chi connectivity index (χ3v) is 4.22. The predicted molar refractivity (Wildman–Crippen MR) is 105 cm³/mol. The molecule has 0 unspecified atom stereocenters. The summed E-state index contributed by atoms with van der Waals surface area (Å²) < 4.78 is 11.6. The van der Waals surface area contributed by atoms with E-state index in [9.17, 15) is 0 Å². The molecule has 142 valence electrons. The predicted octanol–water partition coefficient (Wildman–Crippen LogP) is 2.64. The maximum atomic E-state index is 8.74. The normalized spacial score (nSPS) is 10.7. The maximum Gasteiger partial charge on any atom is 0.166 e. The van der Waals surface area contributed by atoms with Crippen molar-refractivity contribution >= 4 is 0 Å². The number of hydrogen-bond acceptors (Lipinski definition) is 5. The van der Waals surface area contributed by atoms with Crippen LogP contribution in [0.5, 0.6) is 11.5 Å². The van der Waals surface area contributed by atoms with Gasteiger partial charge in [0.05, 0.1) is 13.7 Å². The minimum Gasteiger partial charge on any atom is -0.493 e. The quantitative estimate of drug-likeness (QED) is 0.509. The summed E-state index contributed by atoms with van der Waals surface area (Å²) in [4.78, 5) is 0. The Kier molecular flexibility index (Phi) is 8.96. The second kappa shape index (κ2) is 11.5. The highest BCUT2D eigenvalue weighted by molar-refractivity contribution is 5.46. The summed E-state index contributed by atoms with van der Waals surface area (Å²) in [6, 6.07) is 14.2. The number of ether oxygens (including phenoxy) is 2. The molecule has 0 fully saturated rings. The molecule has 2 rings (SSSR count). The van der Waals surface area contributed by atoms with Gasteiger partial charge in [-0.1, -0.05) is 36.4 Å². The molecule has 5 nitrogen and oxygen atoms in total. The first-order chi connectivity index (χ1) is 12.8. The van der Waals surface area contributed by atoms with E-state index in [4.69, 9.17) is 14.6 Å². The Morgan fingerprint density at radius 2 is 1.69 bits per heavy atom. The van der Waals surface area contributed by atoms with E-state index in [0.29, 0.717) is 13.2 Å². The van der Waals surface area contributed by atoms with Crippen LogP contribution in [0.2, 0.25) is 0 Å². The Labute approximate surface area is 156 Å². The topological polar surface area (TPSA) is 62.8 Å². The Morgan fingerprint density at radius 3 is 2.46 bits per heavy atom. The smallest absolute Gasteiger partial charge is 0.166 e. The van der Waals surface area contributed by atoms with E-state index in [-0.39, 0.29) is 6.61 Å². The molecule has 0 saturated heterocycles. The lowest BCUT2D eigenvalue weighted by Crippen LogP contribution is -2.24. The molecule has 0 atom stereocenters. The molecule has 5 heteroatoms. The number of benzene rings is 2. The van der Waals surface area contributed by atoms with Gasteiger partial charge in [-0.2, -0.15) is 0 Å². The standard InChI is InChI=1S/C21H30N2O3/c1-17-7-3-4-8-19(17)16-26-21-18(9-5-10-20(21)25-2)15-23-12-6-11-22-13-14-24/h3-5,7-10,22-24H,6,11-16H2,1-2H3. The van der Waals surface area contributed by atoms with E-state index in [1.165, 1.54) is 11.1 Å². The van der Waals surface area contributed by atoms with Crippen molar-refractivity contribution in [2.24, 2.45) is 0 Å². The maximum absolute atomic E-state index is 8.74. The fraction of sp³-hybridized carbons (Fsp3) is 0.429. The Bertz CT molecular complexity index is 661. The molecule has 0 radical (unpaired) electrons. The van der Waals surface area contributed by atoms with E-state index in [2.05, 4.69) is 35.8 Å². The van der Waals surface area contributed by atoms with Gasteiger partial charge in [0.25, 0.3) is 0 Å². The molecule has 0 amide bonds. The second-order valence-electron chi connectivity index (χ2n) is 6.17. The van der Waals surface area contributed by atoms with Crippen LogP contribution in [0.25, 0.3) is 0 Å². The summed E-state index contributed by atoms with van der Waals surface area (Å²) in [5.41, 5.74) is 3.48. The van der Waals surface area contributed by atoms with E-state index in [1.54, 1.807) is 7.11 Å². The first kappa shape index (κ1) is 20.2. The number of methoxy groups -OCH3 is 1. The molecule has 0 aromatic heterocycles. The summed E-state index contributed by atoms with van der Waals surface area (Å²) in [5.74, 6) is 1.55. The molecule has 2 aromatic carbocycles. The first-order valence-corrected chi connectivity index (χ1v) is 9.11. The Balaban J connectivity index is 1.93. The van der Waals surface area contributed by atoms with Crippen LogP contribution in [0.3, 0.4) is 0 Å². The first-order valence-electron chi connectivity index (χ1n) is 9.11. The monoisotopic (exact) mass is 358 g/mol. The zero-order chi connectivity index (χ0) is 18.6. The van der Waals surface area contributed by atoms with Gasteiger partial charge >= 0.3 is 0 Å². The van der Waals surface area contributed by atoms with E-state index >= 15 is 0 Å². The fourth-order valence-electron chi connectivity index (χ4n) is 2.71. The van der Waals surface area contributed by atoms with Crippen molar-refractivity contribution in [3.8, 4) is 11.5 Å². The van der Waals surface area contributed by atoms with Crippen LogP contribution in [0.1, 0.15) is 23.1 Å². The van der Waals surface area contributed by atoms with Crippen LogP contribution < -0.4 is 20.1 Å². The number of rotatable bonds is 12. The molecule has 2 aromatic rings. The van der Waals surface area contributed by atoms with Crippen molar-refractivity contribution in [2.45, 2.75) is 26.5 Å². The third kappa shape index (κ3) is 6.33. The van der Waals surface area contributed by atoms with Crippen LogP contribution in [-0.2, 0) is 13.2 Å². The van der Waals surface area contributed by atoms with Crippen molar-refractivity contribution < 1.29 is 14.6 Å². The van der Waals surface area contributed by atoms with Crippen molar-refractivity contribution in [1.29, 1.82) is 0 Å². The summed E-state index contributed by atoms with van der Waals surface area (Å²) in [7, 11) is 1.67. The third-order valence-electron chi connectivity index (χ3n) is 4.22. The molecule has 0 heterocycles. The molecular formula is C21H30N2O3. The van der Waals surface area contributed by atoms with Gasteiger partial charge in [-0.25, -0.2) is 0 Å². The Morgan fingerprint density at radius 1 is 0.923 bits per heavy atom. The van der Waals surface area contributed by atoms with Crippen LogP contribution in [-0.4, -0.2) is 38.5 Å². The van der Waals surface area contributed by atoms with E-state index < -0.39 is 0 Å². The molecule has 3 N–H and O–H groups in total. The van der Waals surface area contributed by atoms with Crippen molar-refractivity contribution in [3.63, 3.8) is 0 Å². The molecule has 0 aliphatic carbocycles. The number of hydrogen-bond donors (Lipinski definition) is 3. The van der Waals surface area contributed by atoms with Crippen molar-refractivity contribution in [2.75, 3.05) is 33.4 Å². The lowest BCUT2D eigenvalue weighted by Gasteiger charge is -2.16. The highest BCUT2D eigenvalue weighted by Gasteiger charge is 2.11. The van der Waals surface area contributed by atoms with Crippen LogP contribution in [0.4, 0.5) is 0 Å². The Hall–Kier alpha value is -2.08. The molecule has 0 saturated carbocycles. The van der Waals surface area contributed by atoms with Crippen LogP contribution in [0, 0.1) is 6.92 Å². The average Bonchev–Trinajstić information content (AvgIpc) is 2.67.